The molecule has 0 aliphatic carbocycles. The molecule has 10 heavy (non-hydrogen) atoms. The molecular formula is C8H16Br2. The van der Waals surface area contributed by atoms with Gasteiger partial charge in [-0.1, -0.05) is 59.6 Å². The number of halogens is 2. The first-order valence-corrected chi connectivity index (χ1v) is 5.53. The first-order valence-electron chi connectivity index (χ1n) is 3.70. The van der Waals surface area contributed by atoms with Crippen LogP contribution in [0.5, 0.6) is 0 Å². The third kappa shape index (κ3) is 2.91. The maximum absolute atomic E-state index is 3.68. The predicted octanol–water partition coefficient (Wildman–Crippen LogP) is 3.97. The van der Waals surface area contributed by atoms with Gasteiger partial charge in [0.15, 0.2) is 0 Å². The van der Waals surface area contributed by atoms with Crippen LogP contribution in [0.2, 0.25) is 0 Å². The number of hydrogen-bond donors (Lipinski definition) is 0. The van der Waals surface area contributed by atoms with Crippen molar-refractivity contribution in [2.24, 2.45) is 5.41 Å². The van der Waals surface area contributed by atoms with Crippen molar-refractivity contribution in [3.05, 3.63) is 0 Å². The first-order chi connectivity index (χ1) is 4.41. The minimum atomic E-state index is 0.392. The van der Waals surface area contributed by atoms with Crippen molar-refractivity contribution < 1.29 is 0 Å². The van der Waals surface area contributed by atoms with Gasteiger partial charge in [0.2, 0.25) is 0 Å². The van der Waals surface area contributed by atoms with Crippen molar-refractivity contribution in [2.75, 3.05) is 0 Å². The predicted molar refractivity (Wildman–Crippen MR) is 55.2 cm³/mol. The van der Waals surface area contributed by atoms with Crippen LogP contribution in [0.4, 0.5) is 0 Å². The zero-order valence-electron chi connectivity index (χ0n) is 7.12. The van der Waals surface area contributed by atoms with E-state index in [1.165, 1.54) is 6.42 Å². The zero-order valence-corrected chi connectivity index (χ0v) is 10.3. The fraction of sp³-hybridized carbons (Fsp3) is 1.00. The zero-order chi connectivity index (χ0) is 8.36. The highest BCUT2D eigenvalue weighted by atomic mass is 79.9. The first kappa shape index (κ1) is 11.0. The molecule has 0 spiro atoms. The largest absolute Gasteiger partial charge is 0.0881 e. The average Bonchev–Trinajstić information content (AvgIpc) is 1.86. The second-order valence-corrected chi connectivity index (χ2v) is 5.85. The molecule has 0 amide bonds. The Kier molecular flexibility index (Phi) is 4.50. The van der Waals surface area contributed by atoms with Gasteiger partial charge in [0.1, 0.15) is 0 Å². The van der Waals surface area contributed by atoms with Crippen LogP contribution in [0.15, 0.2) is 0 Å². The van der Waals surface area contributed by atoms with Crippen LogP contribution in [0.25, 0.3) is 0 Å². The van der Waals surface area contributed by atoms with E-state index in [2.05, 4.69) is 59.6 Å². The molecule has 2 atom stereocenters. The molecule has 0 aliphatic rings. The summed E-state index contributed by atoms with van der Waals surface area (Å²) in [6.07, 6.45) is 1.21. The Hall–Kier alpha value is 0.960. The van der Waals surface area contributed by atoms with Crippen molar-refractivity contribution in [1.29, 1.82) is 0 Å². The molecule has 2 unspecified atom stereocenters. The summed E-state index contributed by atoms with van der Waals surface area (Å²) in [5.41, 5.74) is 0.392. The molecule has 0 aliphatic heterocycles. The van der Waals surface area contributed by atoms with Gasteiger partial charge in [0.25, 0.3) is 0 Å². The lowest BCUT2D eigenvalue weighted by atomic mass is 9.85. The van der Waals surface area contributed by atoms with Gasteiger partial charge in [-0.2, -0.15) is 0 Å². The van der Waals surface area contributed by atoms with Crippen molar-refractivity contribution in [1.82, 2.24) is 0 Å². The molecule has 62 valence electrons. The maximum Gasteiger partial charge on any atom is 0.0319 e. The number of alkyl halides is 2. The van der Waals surface area contributed by atoms with Crippen LogP contribution < -0.4 is 0 Å². The summed E-state index contributed by atoms with van der Waals surface area (Å²) in [4.78, 5) is 1.10. The van der Waals surface area contributed by atoms with E-state index in [-0.39, 0.29) is 0 Å². The summed E-state index contributed by atoms with van der Waals surface area (Å²) in [6.45, 7) is 8.97. The van der Waals surface area contributed by atoms with E-state index in [1.54, 1.807) is 0 Å². The standard InChI is InChI=1S/C8H16Br2/c1-5-8(3,4)7(10)6(2)9/h6-7H,5H2,1-4H3. The third-order valence-electron chi connectivity index (χ3n) is 2.06. The van der Waals surface area contributed by atoms with E-state index < -0.39 is 0 Å². The topological polar surface area (TPSA) is 0 Å². The summed E-state index contributed by atoms with van der Waals surface area (Å²) in [5.74, 6) is 0. The molecule has 2 heteroatoms. The number of rotatable bonds is 3. The molecule has 0 bridgehead atoms. The van der Waals surface area contributed by atoms with Gasteiger partial charge >= 0.3 is 0 Å². The molecule has 0 saturated heterocycles. The lowest BCUT2D eigenvalue weighted by Gasteiger charge is -2.30. The molecule has 0 rings (SSSR count). The Morgan fingerprint density at radius 2 is 1.70 bits per heavy atom. The molecule has 0 radical (unpaired) electrons. The average molecular weight is 272 g/mol. The molecule has 0 saturated carbocycles. The summed E-state index contributed by atoms with van der Waals surface area (Å²) >= 11 is 7.25. The molecule has 0 aromatic heterocycles. The Morgan fingerprint density at radius 3 is 1.80 bits per heavy atom. The van der Waals surface area contributed by atoms with Gasteiger partial charge in [-0.05, 0) is 11.8 Å². The minimum Gasteiger partial charge on any atom is -0.0881 e. The Morgan fingerprint density at radius 1 is 1.30 bits per heavy atom. The summed E-state index contributed by atoms with van der Waals surface area (Å²) in [7, 11) is 0. The molecule has 0 heterocycles. The van der Waals surface area contributed by atoms with Gasteiger partial charge in [-0.3, -0.25) is 0 Å². The van der Waals surface area contributed by atoms with Crippen LogP contribution in [-0.4, -0.2) is 9.65 Å². The van der Waals surface area contributed by atoms with Crippen molar-refractivity contribution in [3.63, 3.8) is 0 Å². The van der Waals surface area contributed by atoms with Crippen LogP contribution in [0.1, 0.15) is 34.1 Å². The third-order valence-corrected chi connectivity index (χ3v) is 5.33. The quantitative estimate of drug-likeness (QED) is 0.682. The minimum absolute atomic E-state index is 0.392. The van der Waals surface area contributed by atoms with E-state index in [1.807, 2.05) is 0 Å². The van der Waals surface area contributed by atoms with E-state index >= 15 is 0 Å². The molecule has 0 aromatic carbocycles. The van der Waals surface area contributed by atoms with E-state index in [0.29, 0.717) is 15.1 Å². The van der Waals surface area contributed by atoms with Crippen molar-refractivity contribution in [3.8, 4) is 0 Å². The highest BCUT2D eigenvalue weighted by Gasteiger charge is 2.28. The normalized spacial score (nSPS) is 18.6. The molecular weight excluding hydrogens is 256 g/mol. The Bertz CT molecular complexity index is 97.4. The van der Waals surface area contributed by atoms with Crippen LogP contribution in [0.3, 0.4) is 0 Å². The fourth-order valence-corrected chi connectivity index (χ4v) is 1.86. The van der Waals surface area contributed by atoms with E-state index in [4.69, 9.17) is 0 Å². The van der Waals surface area contributed by atoms with Gasteiger partial charge in [0, 0.05) is 9.65 Å². The monoisotopic (exact) mass is 270 g/mol. The molecule has 0 aromatic rings. The Labute approximate surface area is 81.0 Å². The number of hydrogen-bond acceptors (Lipinski definition) is 0. The van der Waals surface area contributed by atoms with Gasteiger partial charge in [-0.15, -0.1) is 0 Å². The SMILES string of the molecule is CCC(C)(C)C(Br)C(C)Br. The lowest BCUT2D eigenvalue weighted by molar-refractivity contribution is 0.341. The molecule has 0 nitrogen and oxygen atoms in total. The van der Waals surface area contributed by atoms with Gasteiger partial charge in [0.05, 0.1) is 0 Å². The smallest absolute Gasteiger partial charge is 0.0319 e. The van der Waals surface area contributed by atoms with Crippen molar-refractivity contribution >= 4 is 31.9 Å². The highest BCUT2D eigenvalue weighted by Crippen LogP contribution is 2.34. The van der Waals surface area contributed by atoms with Crippen LogP contribution in [-0.2, 0) is 0 Å². The van der Waals surface area contributed by atoms with Crippen molar-refractivity contribution in [2.45, 2.75) is 43.8 Å². The lowest BCUT2D eigenvalue weighted by Crippen LogP contribution is -2.29. The van der Waals surface area contributed by atoms with E-state index in [9.17, 15) is 0 Å². The second-order valence-electron chi connectivity index (χ2n) is 3.42. The van der Waals surface area contributed by atoms with Crippen LogP contribution in [0, 0.1) is 5.41 Å². The molecule has 0 N–H and O–H groups in total. The Balaban J connectivity index is 4.03. The second kappa shape index (κ2) is 4.10. The fourth-order valence-electron chi connectivity index (χ4n) is 0.817. The van der Waals surface area contributed by atoms with Crippen LogP contribution >= 0.6 is 31.9 Å². The molecule has 0 fully saturated rings. The summed E-state index contributed by atoms with van der Waals surface area (Å²) in [5, 5.41) is 0. The summed E-state index contributed by atoms with van der Waals surface area (Å²) in [6, 6.07) is 0. The maximum atomic E-state index is 3.68. The highest BCUT2D eigenvalue weighted by molar-refractivity contribution is 9.12. The summed E-state index contributed by atoms with van der Waals surface area (Å²) < 4.78 is 0. The van der Waals surface area contributed by atoms with Gasteiger partial charge < -0.3 is 0 Å². The van der Waals surface area contributed by atoms with E-state index in [0.717, 1.165) is 0 Å². The van der Waals surface area contributed by atoms with Gasteiger partial charge in [-0.25, -0.2) is 0 Å².